The Morgan fingerprint density at radius 3 is 2.81 bits per heavy atom. The van der Waals surface area contributed by atoms with Crippen LogP contribution in [0.5, 0.6) is 11.5 Å². The van der Waals surface area contributed by atoms with Gasteiger partial charge in [0.2, 0.25) is 0 Å². The van der Waals surface area contributed by atoms with Gasteiger partial charge in [-0.3, -0.25) is 14.5 Å². The van der Waals surface area contributed by atoms with Gasteiger partial charge in [0.1, 0.15) is 4.32 Å². The lowest BCUT2D eigenvalue weighted by Crippen LogP contribution is -2.29. The van der Waals surface area contributed by atoms with E-state index in [1.165, 1.54) is 16.7 Å². The smallest absolute Gasteiger partial charge is 0.303 e. The van der Waals surface area contributed by atoms with E-state index in [1.54, 1.807) is 19.3 Å². The maximum atomic E-state index is 12.5. The predicted octanol–water partition coefficient (Wildman–Crippen LogP) is 3.92. The zero-order valence-corrected chi connectivity index (χ0v) is 17.5. The summed E-state index contributed by atoms with van der Waals surface area (Å²) in [5.41, 5.74) is 0.767. The molecule has 0 spiro atoms. The molecule has 1 amide bonds. The third kappa shape index (κ3) is 4.99. The topological polar surface area (TPSA) is 76.1 Å². The molecule has 1 N–H and O–H groups in total. The first-order chi connectivity index (χ1) is 12.4. The highest BCUT2D eigenvalue weighted by Gasteiger charge is 2.31. The van der Waals surface area contributed by atoms with Crippen LogP contribution in [0.2, 0.25) is 0 Å². The van der Waals surface area contributed by atoms with Crippen LogP contribution in [0.3, 0.4) is 0 Å². The highest BCUT2D eigenvalue weighted by molar-refractivity contribution is 9.10. The Labute approximate surface area is 169 Å². The van der Waals surface area contributed by atoms with E-state index in [2.05, 4.69) is 15.9 Å². The fraction of sp³-hybridized carbons (Fsp3) is 0.353. The summed E-state index contributed by atoms with van der Waals surface area (Å²) in [6, 6.07) is 3.62. The number of benzene rings is 1. The SMILES string of the molecule is CCOc1c(Br)cc(/C=C2\SC(=S)N(CCCC(=O)O)C2=O)cc1OC. The van der Waals surface area contributed by atoms with Gasteiger partial charge < -0.3 is 14.6 Å². The molecule has 0 saturated carbocycles. The number of carbonyl (C=O) groups is 2. The number of thioether (sulfide) groups is 1. The first-order valence-electron chi connectivity index (χ1n) is 7.84. The Morgan fingerprint density at radius 1 is 1.46 bits per heavy atom. The number of halogens is 1. The van der Waals surface area contributed by atoms with Crippen LogP contribution in [-0.2, 0) is 9.59 Å². The minimum Gasteiger partial charge on any atom is -0.493 e. The van der Waals surface area contributed by atoms with Crippen LogP contribution >= 0.6 is 39.9 Å². The van der Waals surface area contributed by atoms with Crippen molar-refractivity contribution in [2.75, 3.05) is 20.3 Å². The Bertz CT molecular complexity index is 766. The Hall–Kier alpha value is -1.58. The molecule has 1 aromatic carbocycles. The number of aliphatic carboxylic acids is 1. The van der Waals surface area contributed by atoms with Gasteiger partial charge in [0.25, 0.3) is 5.91 Å². The third-order valence-corrected chi connectivity index (χ3v) is 5.45. The lowest BCUT2D eigenvalue weighted by molar-refractivity contribution is -0.137. The number of carboxylic acid groups (broad SMARTS) is 1. The molecule has 1 saturated heterocycles. The van der Waals surface area contributed by atoms with Gasteiger partial charge >= 0.3 is 5.97 Å². The van der Waals surface area contributed by atoms with Crippen LogP contribution in [0.1, 0.15) is 25.3 Å². The summed E-state index contributed by atoms with van der Waals surface area (Å²) in [6.45, 7) is 2.68. The zero-order chi connectivity index (χ0) is 19.3. The summed E-state index contributed by atoms with van der Waals surface area (Å²) in [5, 5.41) is 8.72. The maximum absolute atomic E-state index is 12.5. The molecular weight excluding hydrogens is 442 g/mol. The van der Waals surface area contributed by atoms with Gasteiger partial charge in [-0.05, 0) is 53.0 Å². The van der Waals surface area contributed by atoms with Crippen LogP contribution < -0.4 is 9.47 Å². The molecule has 0 atom stereocenters. The van der Waals surface area contributed by atoms with Gasteiger partial charge in [0.15, 0.2) is 11.5 Å². The molecule has 1 aromatic rings. The van der Waals surface area contributed by atoms with Crippen LogP contribution in [-0.4, -0.2) is 46.5 Å². The van der Waals surface area contributed by atoms with Gasteiger partial charge in [0, 0.05) is 13.0 Å². The lowest BCUT2D eigenvalue weighted by atomic mass is 10.2. The first-order valence-corrected chi connectivity index (χ1v) is 9.86. The summed E-state index contributed by atoms with van der Waals surface area (Å²) in [7, 11) is 1.55. The van der Waals surface area contributed by atoms with Gasteiger partial charge in [-0.25, -0.2) is 0 Å². The number of ether oxygens (including phenoxy) is 2. The summed E-state index contributed by atoms with van der Waals surface area (Å²) in [5.74, 6) is 0.0597. The minimum atomic E-state index is -0.891. The van der Waals surface area contributed by atoms with Crippen molar-refractivity contribution in [3.8, 4) is 11.5 Å². The van der Waals surface area contributed by atoms with E-state index in [-0.39, 0.29) is 12.3 Å². The number of methoxy groups -OCH3 is 1. The van der Waals surface area contributed by atoms with Crippen molar-refractivity contribution >= 4 is 62.2 Å². The van der Waals surface area contributed by atoms with Gasteiger partial charge in [-0.1, -0.05) is 24.0 Å². The van der Waals surface area contributed by atoms with Crippen molar-refractivity contribution in [1.82, 2.24) is 4.90 Å². The van der Waals surface area contributed by atoms with E-state index >= 15 is 0 Å². The molecule has 26 heavy (non-hydrogen) atoms. The number of thiocarbonyl (C=S) groups is 1. The lowest BCUT2D eigenvalue weighted by Gasteiger charge is -2.13. The molecule has 1 aliphatic heterocycles. The number of nitrogens with zero attached hydrogens (tertiary/aromatic N) is 1. The van der Waals surface area contributed by atoms with Crippen LogP contribution in [0.4, 0.5) is 0 Å². The van der Waals surface area contributed by atoms with E-state index in [9.17, 15) is 9.59 Å². The first kappa shape index (κ1) is 20.7. The highest BCUT2D eigenvalue weighted by atomic mass is 79.9. The second kappa shape index (κ2) is 9.38. The van der Waals surface area contributed by atoms with Crippen LogP contribution in [0.15, 0.2) is 21.5 Å². The Morgan fingerprint density at radius 2 is 2.19 bits per heavy atom. The molecule has 140 valence electrons. The molecule has 1 fully saturated rings. The average molecular weight is 460 g/mol. The largest absolute Gasteiger partial charge is 0.493 e. The molecule has 9 heteroatoms. The molecule has 0 unspecified atom stereocenters. The minimum absolute atomic E-state index is 0.000849. The molecule has 0 radical (unpaired) electrons. The molecule has 6 nitrogen and oxygen atoms in total. The number of hydrogen-bond acceptors (Lipinski definition) is 6. The van der Waals surface area contributed by atoms with Crippen LogP contribution in [0.25, 0.3) is 6.08 Å². The predicted molar refractivity (Wildman–Crippen MR) is 109 cm³/mol. The number of carboxylic acids is 1. The van der Waals surface area contributed by atoms with Crippen molar-refractivity contribution in [1.29, 1.82) is 0 Å². The van der Waals surface area contributed by atoms with E-state index in [0.29, 0.717) is 40.3 Å². The molecule has 0 aromatic heterocycles. The second-order valence-electron chi connectivity index (χ2n) is 5.30. The van der Waals surface area contributed by atoms with Crippen LogP contribution in [0, 0.1) is 0 Å². The summed E-state index contributed by atoms with van der Waals surface area (Å²) < 4.78 is 12.1. The number of hydrogen-bond donors (Lipinski definition) is 1. The van der Waals surface area contributed by atoms with Gasteiger partial charge in [-0.15, -0.1) is 0 Å². The number of rotatable bonds is 8. The van der Waals surface area contributed by atoms with Crippen molar-refractivity contribution < 1.29 is 24.2 Å². The Kier molecular flexibility index (Phi) is 7.48. The van der Waals surface area contributed by atoms with E-state index < -0.39 is 5.97 Å². The summed E-state index contributed by atoms with van der Waals surface area (Å²) in [4.78, 5) is 25.1. The molecule has 1 aliphatic rings. The third-order valence-electron chi connectivity index (χ3n) is 3.48. The normalized spacial score (nSPS) is 15.7. The second-order valence-corrected chi connectivity index (χ2v) is 7.83. The van der Waals surface area contributed by atoms with Crippen molar-refractivity contribution in [2.24, 2.45) is 0 Å². The van der Waals surface area contributed by atoms with E-state index in [4.69, 9.17) is 26.8 Å². The quantitative estimate of drug-likeness (QED) is 0.466. The van der Waals surface area contributed by atoms with Crippen molar-refractivity contribution in [3.63, 3.8) is 0 Å². The maximum Gasteiger partial charge on any atom is 0.303 e. The van der Waals surface area contributed by atoms with Crippen molar-refractivity contribution in [3.05, 3.63) is 27.1 Å². The summed E-state index contributed by atoms with van der Waals surface area (Å²) in [6.07, 6.45) is 2.09. The van der Waals surface area contributed by atoms with Gasteiger partial charge in [-0.2, -0.15) is 0 Å². The number of amides is 1. The molecule has 1 heterocycles. The zero-order valence-electron chi connectivity index (χ0n) is 14.3. The fourth-order valence-electron chi connectivity index (χ4n) is 2.34. The number of carbonyl (C=O) groups excluding carboxylic acids is 1. The summed E-state index contributed by atoms with van der Waals surface area (Å²) >= 11 is 9.91. The van der Waals surface area contributed by atoms with Gasteiger partial charge in [0.05, 0.1) is 23.1 Å². The molecular formula is C17H18BrNO5S2. The van der Waals surface area contributed by atoms with E-state index in [1.807, 2.05) is 13.0 Å². The standard InChI is InChI=1S/C17H18BrNO5S2/c1-3-24-15-11(18)7-10(8-12(15)23-2)9-13-16(22)19(17(25)26-13)6-4-5-14(20)21/h7-9H,3-6H2,1-2H3,(H,20,21)/b13-9-. The fourth-order valence-corrected chi connectivity index (χ4v) is 4.22. The highest BCUT2D eigenvalue weighted by Crippen LogP contribution is 2.39. The molecule has 0 aliphatic carbocycles. The monoisotopic (exact) mass is 459 g/mol. The molecule has 2 rings (SSSR count). The van der Waals surface area contributed by atoms with Crippen molar-refractivity contribution in [2.45, 2.75) is 19.8 Å². The van der Waals surface area contributed by atoms with E-state index in [0.717, 1.165) is 10.0 Å². The Balaban J connectivity index is 2.21. The molecule has 0 bridgehead atoms. The average Bonchev–Trinajstić information content (AvgIpc) is 2.84.